The zero-order valence-corrected chi connectivity index (χ0v) is 16.0. The van der Waals surface area contributed by atoms with Gasteiger partial charge in [0.25, 0.3) is 5.91 Å². The predicted octanol–water partition coefficient (Wildman–Crippen LogP) is 2.91. The number of benzene rings is 1. The third kappa shape index (κ3) is 3.92. The smallest absolute Gasteiger partial charge is 0.339 e. The van der Waals surface area contributed by atoms with Gasteiger partial charge < -0.3 is 19.9 Å². The Morgan fingerprint density at radius 3 is 2.75 bits per heavy atom. The van der Waals surface area contributed by atoms with E-state index in [-0.39, 0.29) is 15.6 Å². The van der Waals surface area contributed by atoms with Crippen LogP contribution in [0.5, 0.6) is 5.75 Å². The minimum atomic E-state index is -1.33. The van der Waals surface area contributed by atoms with E-state index in [2.05, 4.69) is 5.32 Å². The summed E-state index contributed by atoms with van der Waals surface area (Å²) in [6, 6.07) is 6.09. The van der Waals surface area contributed by atoms with Crippen molar-refractivity contribution in [3.8, 4) is 5.75 Å². The Morgan fingerprint density at radius 1 is 1.36 bits per heavy atom. The summed E-state index contributed by atoms with van der Waals surface area (Å²) in [5.74, 6) is -2.24. The molecule has 2 heterocycles. The van der Waals surface area contributed by atoms with Crippen molar-refractivity contribution in [2.45, 2.75) is 13.0 Å². The first-order chi connectivity index (χ1) is 13.3. The van der Waals surface area contributed by atoms with Crippen LogP contribution in [-0.2, 0) is 9.59 Å². The van der Waals surface area contributed by atoms with E-state index in [1.54, 1.807) is 18.2 Å². The monoisotopic (exact) mass is 418 g/mol. The molecule has 0 spiro atoms. The fourth-order valence-electron chi connectivity index (χ4n) is 2.47. The van der Waals surface area contributed by atoms with Gasteiger partial charge in [-0.1, -0.05) is 24.0 Å². The van der Waals surface area contributed by atoms with Crippen LogP contribution in [0.1, 0.15) is 23.0 Å². The summed E-state index contributed by atoms with van der Waals surface area (Å²) in [7, 11) is 0. The fraction of sp³-hybridized carbons (Fsp3) is 0.111. The number of thiocarbonyl (C=S) groups is 1. The molecule has 3 rings (SSSR count). The van der Waals surface area contributed by atoms with Gasteiger partial charge in [0.05, 0.1) is 11.2 Å². The van der Waals surface area contributed by atoms with Crippen molar-refractivity contribution in [3.63, 3.8) is 0 Å². The molecule has 28 heavy (non-hydrogen) atoms. The third-order valence-electron chi connectivity index (χ3n) is 3.90. The highest BCUT2D eigenvalue weighted by atomic mass is 32.2. The number of amides is 2. The topological polar surface area (TPSA) is 120 Å². The number of nitrogens with zero attached hydrogens (tertiary/aromatic N) is 1. The number of furan rings is 1. The van der Waals surface area contributed by atoms with Crippen LogP contribution in [0.3, 0.4) is 0 Å². The summed E-state index contributed by atoms with van der Waals surface area (Å²) in [6.07, 6.45) is 3.02. The molecule has 1 aromatic carbocycles. The molecule has 2 aromatic rings. The molecule has 2 amide bonds. The molecule has 10 heteroatoms. The van der Waals surface area contributed by atoms with Gasteiger partial charge in [-0.3, -0.25) is 14.5 Å². The van der Waals surface area contributed by atoms with Gasteiger partial charge in [-0.25, -0.2) is 4.79 Å². The van der Waals surface area contributed by atoms with E-state index in [0.29, 0.717) is 10.7 Å². The van der Waals surface area contributed by atoms with Gasteiger partial charge in [0.15, 0.2) is 0 Å². The molecule has 0 saturated carbocycles. The second-order valence-electron chi connectivity index (χ2n) is 5.77. The normalized spacial score (nSPS) is 16.5. The molecule has 0 aliphatic carbocycles. The molecule has 1 unspecified atom stereocenters. The van der Waals surface area contributed by atoms with E-state index in [4.69, 9.17) is 21.7 Å². The van der Waals surface area contributed by atoms with Crippen LogP contribution in [0.25, 0.3) is 6.08 Å². The predicted molar refractivity (Wildman–Crippen MR) is 107 cm³/mol. The summed E-state index contributed by atoms with van der Waals surface area (Å²) in [5, 5.41) is 21.1. The summed E-state index contributed by atoms with van der Waals surface area (Å²) >= 11 is 6.29. The lowest BCUT2D eigenvalue weighted by Crippen LogP contribution is -2.44. The largest absolute Gasteiger partial charge is 0.507 e. The number of carbonyl (C=O) groups excluding carboxylic acids is 2. The number of nitrogens with one attached hydrogen (secondary N) is 1. The molecular formula is C18H14N2O6S2. The van der Waals surface area contributed by atoms with E-state index in [0.717, 1.165) is 23.9 Å². The first-order valence-electron chi connectivity index (χ1n) is 7.95. The molecule has 1 fully saturated rings. The summed E-state index contributed by atoms with van der Waals surface area (Å²) in [4.78, 5) is 37.8. The van der Waals surface area contributed by atoms with Gasteiger partial charge in [0.1, 0.15) is 27.4 Å². The van der Waals surface area contributed by atoms with Crippen molar-refractivity contribution >= 4 is 57.8 Å². The van der Waals surface area contributed by atoms with Gasteiger partial charge in [-0.15, -0.1) is 0 Å². The lowest BCUT2D eigenvalue weighted by atomic mass is 10.1. The quantitative estimate of drug-likeness (QED) is 0.385. The number of thioether (sulfide) groups is 1. The Morgan fingerprint density at radius 2 is 2.11 bits per heavy atom. The van der Waals surface area contributed by atoms with Crippen molar-refractivity contribution < 1.29 is 29.0 Å². The maximum Gasteiger partial charge on any atom is 0.339 e. The van der Waals surface area contributed by atoms with Crippen molar-refractivity contribution in [2.24, 2.45) is 0 Å². The molecular weight excluding hydrogens is 404 g/mol. The lowest BCUT2D eigenvalue weighted by molar-refractivity contribution is -0.129. The maximum absolute atomic E-state index is 12.6. The van der Waals surface area contributed by atoms with Crippen LogP contribution < -0.4 is 5.32 Å². The number of phenols is 1. The number of aromatic carboxylic acids is 1. The van der Waals surface area contributed by atoms with Crippen molar-refractivity contribution in [2.75, 3.05) is 5.32 Å². The standard InChI is InChI=1S/C18H14N2O6S2/c1-9(15(22)19-10-4-5-13(21)12(7-10)17(24)25)20-16(23)14(28-18(20)27)8-11-3-2-6-26-11/h2-9,21H,1H3,(H,19,22)(H,24,25). The van der Waals surface area contributed by atoms with Gasteiger partial charge >= 0.3 is 5.97 Å². The number of hydrogen-bond donors (Lipinski definition) is 3. The molecule has 1 aliphatic heterocycles. The molecule has 1 saturated heterocycles. The zero-order chi connectivity index (χ0) is 20.4. The molecule has 3 N–H and O–H groups in total. The Bertz CT molecular complexity index is 1000. The molecule has 1 aliphatic rings. The van der Waals surface area contributed by atoms with Gasteiger partial charge in [0.2, 0.25) is 5.91 Å². The zero-order valence-electron chi connectivity index (χ0n) is 14.4. The average Bonchev–Trinajstić information content (AvgIpc) is 3.24. The van der Waals surface area contributed by atoms with Crippen LogP contribution in [0, 0.1) is 0 Å². The third-order valence-corrected chi connectivity index (χ3v) is 5.23. The van der Waals surface area contributed by atoms with Gasteiger partial charge in [-0.05, 0) is 37.3 Å². The number of hydrogen-bond acceptors (Lipinski definition) is 7. The summed E-state index contributed by atoms with van der Waals surface area (Å²) in [5.41, 5.74) is -0.180. The minimum Gasteiger partial charge on any atom is -0.507 e. The van der Waals surface area contributed by atoms with Crippen LogP contribution >= 0.6 is 24.0 Å². The Kier molecular flexibility index (Phi) is 5.52. The summed E-state index contributed by atoms with van der Waals surface area (Å²) < 4.78 is 5.41. The van der Waals surface area contributed by atoms with E-state index >= 15 is 0 Å². The van der Waals surface area contributed by atoms with Crippen LogP contribution in [0.2, 0.25) is 0 Å². The Balaban J connectivity index is 1.76. The Hall–Kier alpha value is -3.11. The molecule has 0 radical (unpaired) electrons. The fourth-order valence-corrected chi connectivity index (χ4v) is 3.86. The highest BCUT2D eigenvalue weighted by molar-refractivity contribution is 8.26. The van der Waals surface area contributed by atoms with E-state index in [1.165, 1.54) is 24.2 Å². The first kappa shape index (κ1) is 19.6. The highest BCUT2D eigenvalue weighted by Gasteiger charge is 2.38. The number of rotatable bonds is 5. The maximum atomic E-state index is 12.6. The number of carboxylic acid groups (broad SMARTS) is 1. The van der Waals surface area contributed by atoms with Crippen molar-refractivity contribution in [1.82, 2.24) is 4.90 Å². The lowest BCUT2D eigenvalue weighted by Gasteiger charge is -2.22. The van der Waals surface area contributed by atoms with Crippen LogP contribution in [-0.4, -0.2) is 43.3 Å². The van der Waals surface area contributed by atoms with E-state index < -0.39 is 29.6 Å². The van der Waals surface area contributed by atoms with Crippen molar-refractivity contribution in [3.05, 3.63) is 52.8 Å². The molecule has 8 nitrogen and oxygen atoms in total. The number of aromatic hydroxyl groups is 1. The second-order valence-corrected chi connectivity index (χ2v) is 7.45. The molecule has 0 bridgehead atoms. The first-order valence-corrected chi connectivity index (χ1v) is 9.18. The number of anilines is 1. The van der Waals surface area contributed by atoms with Crippen LogP contribution in [0.4, 0.5) is 5.69 Å². The average molecular weight is 418 g/mol. The highest BCUT2D eigenvalue weighted by Crippen LogP contribution is 2.34. The number of carbonyl (C=O) groups is 3. The number of carboxylic acids is 1. The molecule has 1 aromatic heterocycles. The summed E-state index contributed by atoms with van der Waals surface area (Å²) in [6.45, 7) is 1.51. The van der Waals surface area contributed by atoms with Gasteiger partial charge in [0, 0.05) is 11.8 Å². The minimum absolute atomic E-state index is 0.170. The van der Waals surface area contributed by atoms with E-state index in [9.17, 15) is 19.5 Å². The SMILES string of the molecule is CC(C(=O)Nc1ccc(O)c(C(=O)O)c1)N1C(=O)C(=Cc2ccco2)SC1=S. The van der Waals surface area contributed by atoms with Crippen molar-refractivity contribution in [1.29, 1.82) is 0 Å². The second kappa shape index (κ2) is 7.87. The van der Waals surface area contributed by atoms with Crippen LogP contribution in [0.15, 0.2) is 45.9 Å². The van der Waals surface area contributed by atoms with E-state index in [1.807, 2.05) is 0 Å². The van der Waals surface area contributed by atoms with Gasteiger partial charge in [-0.2, -0.15) is 0 Å². The molecule has 144 valence electrons. The Labute approximate surface area is 168 Å². The molecule has 1 atom stereocenters.